The molecule has 0 spiro atoms. The number of hydrogen-bond acceptors (Lipinski definition) is 2. The van der Waals surface area contributed by atoms with E-state index in [1.807, 2.05) is 6.92 Å². The number of unbranched alkanes of at least 4 members (excludes halogenated alkanes) is 1. The van der Waals surface area contributed by atoms with E-state index < -0.39 is 24.6 Å². The van der Waals surface area contributed by atoms with Crippen molar-refractivity contribution < 1.29 is 19.1 Å². The number of aliphatic carboxylic acids is 1. The molecule has 0 bridgehead atoms. The maximum Gasteiger partial charge on any atom is 0.323 e. The number of amides is 1. The average molecular weight is 205 g/mol. The van der Waals surface area contributed by atoms with E-state index in [9.17, 15) is 14.0 Å². The molecule has 0 aliphatic carbocycles. The van der Waals surface area contributed by atoms with Gasteiger partial charge in [-0.2, -0.15) is 0 Å². The van der Waals surface area contributed by atoms with Crippen LogP contribution in [0.1, 0.15) is 26.2 Å². The molecule has 82 valence electrons. The van der Waals surface area contributed by atoms with Gasteiger partial charge in [-0.25, -0.2) is 4.39 Å². The lowest BCUT2D eigenvalue weighted by atomic mass is 10.1. The molecule has 14 heavy (non-hydrogen) atoms. The van der Waals surface area contributed by atoms with Crippen LogP contribution in [-0.4, -0.2) is 41.6 Å². The molecule has 5 heteroatoms. The van der Waals surface area contributed by atoms with Crippen LogP contribution >= 0.6 is 0 Å². The molecule has 0 saturated carbocycles. The highest BCUT2D eigenvalue weighted by Gasteiger charge is 2.21. The SMILES string of the molecule is CCCCC(F)C(=O)N(C)CC(=O)O. The van der Waals surface area contributed by atoms with Crippen LogP contribution in [0.2, 0.25) is 0 Å². The summed E-state index contributed by atoms with van der Waals surface area (Å²) in [4.78, 5) is 22.3. The third-order valence-corrected chi connectivity index (χ3v) is 1.83. The van der Waals surface area contributed by atoms with Crippen molar-refractivity contribution in [3.63, 3.8) is 0 Å². The van der Waals surface area contributed by atoms with Crippen LogP contribution < -0.4 is 0 Å². The first kappa shape index (κ1) is 12.9. The molecule has 0 aromatic carbocycles. The van der Waals surface area contributed by atoms with Crippen molar-refractivity contribution in [3.05, 3.63) is 0 Å². The minimum atomic E-state index is -1.57. The number of rotatable bonds is 6. The minimum Gasteiger partial charge on any atom is -0.480 e. The summed E-state index contributed by atoms with van der Waals surface area (Å²) in [5, 5.41) is 8.37. The Hall–Kier alpha value is -1.13. The highest BCUT2D eigenvalue weighted by Crippen LogP contribution is 2.07. The first-order valence-corrected chi connectivity index (χ1v) is 4.59. The van der Waals surface area contributed by atoms with Gasteiger partial charge in [0.2, 0.25) is 0 Å². The number of alkyl halides is 1. The fraction of sp³-hybridized carbons (Fsp3) is 0.778. The summed E-state index contributed by atoms with van der Waals surface area (Å²) in [5.74, 6) is -1.88. The number of carboxylic acid groups (broad SMARTS) is 1. The largest absolute Gasteiger partial charge is 0.480 e. The Morgan fingerprint density at radius 2 is 2.07 bits per heavy atom. The van der Waals surface area contributed by atoms with E-state index >= 15 is 0 Å². The van der Waals surface area contributed by atoms with E-state index in [0.29, 0.717) is 6.42 Å². The van der Waals surface area contributed by atoms with Gasteiger partial charge in [-0.3, -0.25) is 9.59 Å². The van der Waals surface area contributed by atoms with Crippen molar-refractivity contribution >= 4 is 11.9 Å². The van der Waals surface area contributed by atoms with Gasteiger partial charge in [-0.15, -0.1) is 0 Å². The Morgan fingerprint density at radius 3 is 2.50 bits per heavy atom. The van der Waals surface area contributed by atoms with Crippen molar-refractivity contribution in [1.82, 2.24) is 4.90 Å². The number of halogens is 1. The fourth-order valence-electron chi connectivity index (χ4n) is 1.03. The van der Waals surface area contributed by atoms with E-state index in [1.165, 1.54) is 7.05 Å². The van der Waals surface area contributed by atoms with Crippen LogP contribution in [0, 0.1) is 0 Å². The Labute approximate surface area is 82.7 Å². The second kappa shape index (κ2) is 6.34. The summed E-state index contributed by atoms with van der Waals surface area (Å²) < 4.78 is 13.1. The van der Waals surface area contributed by atoms with Crippen molar-refractivity contribution in [2.75, 3.05) is 13.6 Å². The molecule has 0 fully saturated rings. The molecule has 0 heterocycles. The fourth-order valence-corrected chi connectivity index (χ4v) is 1.03. The lowest BCUT2D eigenvalue weighted by Gasteiger charge is -2.16. The van der Waals surface area contributed by atoms with Gasteiger partial charge < -0.3 is 10.0 Å². The summed E-state index contributed by atoms with van der Waals surface area (Å²) in [6.07, 6.45) is 0.0444. The van der Waals surface area contributed by atoms with Crippen LogP contribution in [0.3, 0.4) is 0 Å². The standard InChI is InChI=1S/C9H16FNO3/c1-3-4-5-7(10)9(14)11(2)6-8(12)13/h7H,3-6H2,1-2H3,(H,12,13). The van der Waals surface area contributed by atoms with Crippen molar-refractivity contribution in [2.24, 2.45) is 0 Å². The van der Waals surface area contributed by atoms with E-state index in [-0.39, 0.29) is 6.42 Å². The zero-order chi connectivity index (χ0) is 11.1. The number of carbonyl (C=O) groups excluding carboxylic acids is 1. The molecule has 4 nitrogen and oxygen atoms in total. The number of likely N-dealkylation sites (N-methyl/N-ethyl adjacent to an activating group) is 1. The summed E-state index contributed by atoms with van der Waals surface area (Å²) in [6, 6.07) is 0. The van der Waals surface area contributed by atoms with Crippen LogP contribution in [0.25, 0.3) is 0 Å². The van der Waals surface area contributed by atoms with Gasteiger partial charge in [0.15, 0.2) is 6.17 Å². The monoisotopic (exact) mass is 205 g/mol. The molecule has 1 atom stereocenters. The third kappa shape index (κ3) is 4.79. The molecule has 0 radical (unpaired) electrons. The lowest BCUT2D eigenvalue weighted by molar-refractivity contribution is -0.145. The van der Waals surface area contributed by atoms with E-state index in [0.717, 1.165) is 11.3 Å². The van der Waals surface area contributed by atoms with Gasteiger partial charge in [0.05, 0.1) is 0 Å². The second-order valence-corrected chi connectivity index (χ2v) is 3.20. The zero-order valence-corrected chi connectivity index (χ0v) is 8.49. The molecule has 1 amide bonds. The molecular formula is C9H16FNO3. The second-order valence-electron chi connectivity index (χ2n) is 3.20. The predicted molar refractivity (Wildman–Crippen MR) is 49.7 cm³/mol. The summed E-state index contributed by atoms with van der Waals surface area (Å²) in [5.41, 5.74) is 0. The Bertz CT molecular complexity index is 208. The molecule has 0 rings (SSSR count). The van der Waals surface area contributed by atoms with Crippen LogP contribution in [0.5, 0.6) is 0 Å². The first-order chi connectivity index (χ1) is 6.49. The van der Waals surface area contributed by atoms with Crippen LogP contribution in [0.4, 0.5) is 4.39 Å². The lowest BCUT2D eigenvalue weighted by Crippen LogP contribution is -2.37. The zero-order valence-electron chi connectivity index (χ0n) is 8.49. The number of carboxylic acids is 1. The number of carbonyl (C=O) groups is 2. The van der Waals surface area contributed by atoms with E-state index in [1.54, 1.807) is 0 Å². The van der Waals surface area contributed by atoms with Crippen molar-refractivity contribution in [2.45, 2.75) is 32.4 Å². The van der Waals surface area contributed by atoms with Crippen molar-refractivity contribution in [3.8, 4) is 0 Å². The average Bonchev–Trinajstić information content (AvgIpc) is 2.11. The van der Waals surface area contributed by atoms with Crippen molar-refractivity contribution in [1.29, 1.82) is 0 Å². The molecule has 0 saturated heterocycles. The maximum atomic E-state index is 13.1. The highest BCUT2D eigenvalue weighted by molar-refractivity contribution is 5.84. The van der Waals surface area contributed by atoms with Crippen LogP contribution in [0.15, 0.2) is 0 Å². The summed E-state index contributed by atoms with van der Waals surface area (Å²) in [7, 11) is 1.29. The number of nitrogens with zero attached hydrogens (tertiary/aromatic N) is 1. The Balaban J connectivity index is 3.97. The Kier molecular flexibility index (Phi) is 5.83. The number of hydrogen-bond donors (Lipinski definition) is 1. The highest BCUT2D eigenvalue weighted by atomic mass is 19.1. The summed E-state index contributed by atoms with van der Waals surface area (Å²) >= 11 is 0. The normalized spacial score (nSPS) is 12.2. The smallest absolute Gasteiger partial charge is 0.323 e. The topological polar surface area (TPSA) is 57.6 Å². The molecule has 0 aliphatic rings. The summed E-state index contributed by atoms with van der Waals surface area (Å²) in [6.45, 7) is 1.45. The van der Waals surface area contributed by atoms with Gasteiger partial charge in [0.1, 0.15) is 6.54 Å². The van der Waals surface area contributed by atoms with Gasteiger partial charge >= 0.3 is 5.97 Å². The molecule has 1 unspecified atom stereocenters. The van der Waals surface area contributed by atoms with Crippen LogP contribution in [-0.2, 0) is 9.59 Å². The van der Waals surface area contributed by atoms with Gasteiger partial charge in [0, 0.05) is 7.05 Å². The molecular weight excluding hydrogens is 189 g/mol. The van der Waals surface area contributed by atoms with E-state index in [4.69, 9.17) is 5.11 Å². The minimum absolute atomic E-state index is 0.166. The molecule has 0 aromatic heterocycles. The van der Waals surface area contributed by atoms with Gasteiger partial charge in [-0.1, -0.05) is 19.8 Å². The first-order valence-electron chi connectivity index (χ1n) is 4.59. The molecule has 0 aliphatic heterocycles. The van der Waals surface area contributed by atoms with E-state index in [2.05, 4.69) is 0 Å². The third-order valence-electron chi connectivity index (χ3n) is 1.83. The quantitative estimate of drug-likeness (QED) is 0.705. The van der Waals surface area contributed by atoms with Gasteiger partial charge in [0.25, 0.3) is 5.91 Å². The Morgan fingerprint density at radius 1 is 1.50 bits per heavy atom. The molecule has 1 N–H and O–H groups in total. The van der Waals surface area contributed by atoms with Gasteiger partial charge in [-0.05, 0) is 6.42 Å². The maximum absolute atomic E-state index is 13.1. The molecule has 0 aromatic rings. The predicted octanol–water partition coefficient (Wildman–Crippen LogP) is 1.06.